The maximum absolute atomic E-state index is 14.6. The lowest BCUT2D eigenvalue weighted by Gasteiger charge is -2.46. The van der Waals surface area contributed by atoms with Crippen molar-refractivity contribution < 1.29 is 19.5 Å². The molecule has 0 bridgehead atoms. The third-order valence-electron chi connectivity index (χ3n) is 12.2. The molecule has 0 spiro atoms. The molecule has 3 amide bonds. The molecule has 4 aliphatic rings. The highest BCUT2D eigenvalue weighted by molar-refractivity contribution is 6.01. The van der Waals surface area contributed by atoms with Crippen LogP contribution in [0.25, 0.3) is 11.3 Å². The fourth-order valence-electron chi connectivity index (χ4n) is 8.99. The second kappa shape index (κ2) is 15.6. The fraction of sp³-hybridized carbons (Fsp3) is 0.419. The van der Waals surface area contributed by atoms with Crippen molar-refractivity contribution in [1.82, 2.24) is 25.3 Å². The van der Waals surface area contributed by atoms with Gasteiger partial charge in [-0.1, -0.05) is 54.6 Å². The summed E-state index contributed by atoms with van der Waals surface area (Å²) in [4.78, 5) is 47.9. The van der Waals surface area contributed by atoms with E-state index in [1.54, 1.807) is 18.3 Å². The summed E-state index contributed by atoms with van der Waals surface area (Å²) in [6.07, 6.45) is 6.41. The standard InChI is InChI=1S/C43H49N7O4/c51-39-9-5-4-8-37(39)38-28-35(29-44-46-38)49-22-18-43(19-23-49,33-6-2-1-3-7-33)42(54)50-26-24-47(25-27-50)30-31-16-20-48(21-17-31)34-12-10-32(11-13-34)36-14-15-40(52)45-41(36)53/h1-13,28-29,31,36,51H,14-27,30H2,(H,45,52,53)/t36-/m1/s1. The largest absolute Gasteiger partial charge is 0.507 e. The highest BCUT2D eigenvalue weighted by atomic mass is 16.3. The minimum absolute atomic E-state index is 0.175. The van der Waals surface area contributed by atoms with E-state index in [9.17, 15) is 19.5 Å². The third kappa shape index (κ3) is 7.42. The number of aromatic hydroxyl groups is 1. The van der Waals surface area contributed by atoms with E-state index in [1.807, 2.05) is 48.5 Å². The molecule has 54 heavy (non-hydrogen) atoms. The van der Waals surface area contributed by atoms with Crippen LogP contribution in [0.5, 0.6) is 5.75 Å². The van der Waals surface area contributed by atoms with E-state index in [2.05, 4.69) is 59.4 Å². The maximum atomic E-state index is 14.6. The number of rotatable bonds is 8. The summed E-state index contributed by atoms with van der Waals surface area (Å²) in [5.41, 5.74) is 4.90. The molecule has 8 rings (SSSR count). The number of phenols is 1. The highest BCUT2D eigenvalue weighted by Gasteiger charge is 2.45. The SMILES string of the molecule is O=C1CC[C@H](c2ccc(N3CCC(CN4CCN(C(=O)C5(c6ccccc6)CCN(c6cnnc(-c7ccccc7O)c6)CC5)CC4)CC3)cc2)C(=O)N1. The van der Waals surface area contributed by atoms with Crippen LogP contribution in [0.3, 0.4) is 0 Å². The van der Waals surface area contributed by atoms with Crippen LogP contribution in [-0.4, -0.2) is 102 Å². The summed E-state index contributed by atoms with van der Waals surface area (Å²) in [5.74, 6) is 0.416. The zero-order valence-corrected chi connectivity index (χ0v) is 30.8. The average Bonchev–Trinajstić information content (AvgIpc) is 3.22. The molecule has 4 saturated heterocycles. The lowest BCUT2D eigenvalue weighted by molar-refractivity contribution is -0.140. The van der Waals surface area contributed by atoms with E-state index in [0.29, 0.717) is 42.9 Å². The van der Waals surface area contributed by atoms with Gasteiger partial charge in [0.05, 0.1) is 28.9 Å². The molecule has 11 heteroatoms. The van der Waals surface area contributed by atoms with Crippen LogP contribution in [0.1, 0.15) is 55.6 Å². The Morgan fingerprint density at radius 2 is 1.46 bits per heavy atom. The topological polar surface area (TPSA) is 122 Å². The monoisotopic (exact) mass is 727 g/mol. The number of benzene rings is 3. The number of piperidine rings is 3. The molecule has 0 radical (unpaired) electrons. The normalized spacial score (nSPS) is 21.2. The number of nitrogens with one attached hydrogen (secondary N) is 1. The molecule has 11 nitrogen and oxygen atoms in total. The first kappa shape index (κ1) is 35.7. The van der Waals surface area contributed by atoms with Crippen LogP contribution >= 0.6 is 0 Å². The van der Waals surface area contributed by atoms with Gasteiger partial charge in [-0.05, 0) is 79.5 Å². The molecular formula is C43H49N7O4. The molecule has 3 aromatic carbocycles. The molecule has 1 atom stereocenters. The van der Waals surface area contributed by atoms with E-state index in [4.69, 9.17) is 0 Å². The van der Waals surface area contributed by atoms with Crippen LogP contribution in [0.4, 0.5) is 11.4 Å². The summed E-state index contributed by atoms with van der Waals surface area (Å²) in [6.45, 7) is 7.77. The van der Waals surface area contributed by atoms with Gasteiger partial charge in [-0.3, -0.25) is 24.6 Å². The molecule has 0 unspecified atom stereocenters. The molecule has 2 N–H and O–H groups in total. The van der Waals surface area contributed by atoms with E-state index in [0.717, 1.165) is 88.6 Å². The summed E-state index contributed by atoms with van der Waals surface area (Å²) >= 11 is 0. The number of hydrogen-bond donors (Lipinski definition) is 2. The Balaban J connectivity index is 0.848. The predicted molar refractivity (Wildman–Crippen MR) is 208 cm³/mol. The Morgan fingerprint density at radius 3 is 2.17 bits per heavy atom. The quantitative estimate of drug-likeness (QED) is 0.243. The third-order valence-corrected chi connectivity index (χ3v) is 12.2. The number of amides is 3. The molecule has 4 aliphatic heterocycles. The zero-order valence-electron chi connectivity index (χ0n) is 30.8. The number of para-hydroxylation sites is 1. The number of phenolic OH excluding ortho intramolecular Hbond substituents is 1. The number of piperazine rings is 1. The molecule has 5 heterocycles. The van der Waals surface area contributed by atoms with Gasteiger partial charge in [-0.15, -0.1) is 0 Å². The average molecular weight is 728 g/mol. The molecule has 0 aliphatic carbocycles. The van der Waals surface area contributed by atoms with Crippen LogP contribution < -0.4 is 15.1 Å². The summed E-state index contributed by atoms with van der Waals surface area (Å²) in [7, 11) is 0. The molecule has 4 fully saturated rings. The van der Waals surface area contributed by atoms with Gasteiger partial charge in [0.15, 0.2) is 0 Å². The van der Waals surface area contributed by atoms with Gasteiger partial charge in [0.1, 0.15) is 5.75 Å². The van der Waals surface area contributed by atoms with Crippen LogP contribution in [0, 0.1) is 5.92 Å². The van der Waals surface area contributed by atoms with Crippen molar-refractivity contribution in [3.05, 3.63) is 102 Å². The van der Waals surface area contributed by atoms with Gasteiger partial charge in [0, 0.05) is 76.6 Å². The highest BCUT2D eigenvalue weighted by Crippen LogP contribution is 2.40. The predicted octanol–water partition coefficient (Wildman–Crippen LogP) is 4.97. The van der Waals surface area contributed by atoms with E-state index < -0.39 is 5.41 Å². The summed E-state index contributed by atoms with van der Waals surface area (Å²) in [5, 5.41) is 21.4. The number of nitrogens with zero attached hydrogens (tertiary/aromatic N) is 6. The van der Waals surface area contributed by atoms with Crippen molar-refractivity contribution in [1.29, 1.82) is 0 Å². The molecule has 280 valence electrons. The van der Waals surface area contributed by atoms with Gasteiger partial charge in [-0.25, -0.2) is 0 Å². The van der Waals surface area contributed by atoms with Crippen molar-refractivity contribution in [2.45, 2.75) is 49.9 Å². The second-order valence-electron chi connectivity index (χ2n) is 15.4. The number of anilines is 2. The van der Waals surface area contributed by atoms with E-state index >= 15 is 0 Å². The first-order valence-electron chi connectivity index (χ1n) is 19.5. The van der Waals surface area contributed by atoms with Crippen molar-refractivity contribution in [2.75, 3.05) is 68.7 Å². The maximum Gasteiger partial charge on any atom is 0.234 e. The van der Waals surface area contributed by atoms with Crippen LogP contribution in [-0.2, 0) is 19.8 Å². The number of carbonyl (C=O) groups excluding carboxylic acids is 3. The Labute approximate surface area is 317 Å². The van der Waals surface area contributed by atoms with Crippen molar-refractivity contribution in [3.8, 4) is 17.0 Å². The number of carbonyl (C=O) groups is 3. The van der Waals surface area contributed by atoms with Gasteiger partial charge in [0.25, 0.3) is 0 Å². The number of aromatic nitrogens is 2. The molecule has 1 aromatic heterocycles. The summed E-state index contributed by atoms with van der Waals surface area (Å²) < 4.78 is 0. The second-order valence-corrected chi connectivity index (χ2v) is 15.4. The molecule has 0 saturated carbocycles. The van der Waals surface area contributed by atoms with Crippen molar-refractivity contribution >= 4 is 29.1 Å². The van der Waals surface area contributed by atoms with Gasteiger partial charge < -0.3 is 19.8 Å². The Kier molecular flexibility index (Phi) is 10.3. The first-order chi connectivity index (χ1) is 26.4. The minimum Gasteiger partial charge on any atom is -0.507 e. The minimum atomic E-state index is -0.576. The van der Waals surface area contributed by atoms with Crippen molar-refractivity contribution in [3.63, 3.8) is 0 Å². The smallest absolute Gasteiger partial charge is 0.234 e. The lowest BCUT2D eigenvalue weighted by Crippen LogP contribution is -2.58. The number of imide groups is 1. The fourth-order valence-corrected chi connectivity index (χ4v) is 8.99. The summed E-state index contributed by atoms with van der Waals surface area (Å²) in [6, 6.07) is 27.8. The Bertz CT molecular complexity index is 1950. The lowest BCUT2D eigenvalue weighted by atomic mass is 9.71. The Morgan fingerprint density at radius 1 is 0.778 bits per heavy atom. The molecular weight excluding hydrogens is 679 g/mol. The van der Waals surface area contributed by atoms with Gasteiger partial charge in [-0.2, -0.15) is 10.2 Å². The zero-order chi connectivity index (χ0) is 37.1. The van der Waals surface area contributed by atoms with Gasteiger partial charge >= 0.3 is 0 Å². The van der Waals surface area contributed by atoms with Crippen LogP contribution in [0.2, 0.25) is 0 Å². The Hall–Kier alpha value is -5.29. The molecule has 4 aromatic rings. The van der Waals surface area contributed by atoms with Crippen LogP contribution in [0.15, 0.2) is 91.1 Å². The van der Waals surface area contributed by atoms with E-state index in [1.165, 1.54) is 5.69 Å². The van der Waals surface area contributed by atoms with Gasteiger partial charge in [0.2, 0.25) is 17.7 Å². The van der Waals surface area contributed by atoms with E-state index in [-0.39, 0.29) is 29.4 Å². The van der Waals surface area contributed by atoms with Crippen molar-refractivity contribution in [2.24, 2.45) is 5.92 Å². The number of hydrogen-bond acceptors (Lipinski definition) is 9. The first-order valence-corrected chi connectivity index (χ1v) is 19.5.